The van der Waals surface area contributed by atoms with Gasteiger partial charge in [-0.3, -0.25) is 0 Å². The van der Waals surface area contributed by atoms with E-state index in [0.717, 1.165) is 6.54 Å². The van der Waals surface area contributed by atoms with E-state index in [1.807, 2.05) is 0 Å². The van der Waals surface area contributed by atoms with Crippen molar-refractivity contribution in [1.82, 2.24) is 4.57 Å². The monoisotopic (exact) mass is 293 g/mol. The summed E-state index contributed by atoms with van der Waals surface area (Å²) in [7, 11) is -1.11. The molecule has 0 N–H and O–H groups in total. The fourth-order valence-electron chi connectivity index (χ4n) is 2.95. The van der Waals surface area contributed by atoms with Gasteiger partial charge in [-0.05, 0) is 23.2 Å². The summed E-state index contributed by atoms with van der Waals surface area (Å²) in [5.41, 5.74) is 4.23. The Hall–Kier alpha value is -1.80. The molecule has 1 heterocycles. The SMILES string of the molecule is C[Si](C)(C)Cc1cn(Cc2ccccc2)c2ccccc12. The highest BCUT2D eigenvalue weighted by molar-refractivity contribution is 6.75. The summed E-state index contributed by atoms with van der Waals surface area (Å²) in [5, 5.41) is 1.43. The second-order valence-electron chi connectivity index (χ2n) is 7.02. The largest absolute Gasteiger partial charge is 0.343 e. The number of fused-ring (bicyclic) bond motifs is 1. The number of nitrogens with zero attached hydrogens (tertiary/aromatic N) is 1. The molecule has 2 aromatic carbocycles. The predicted octanol–water partition coefficient (Wildman–Crippen LogP) is 5.11. The van der Waals surface area contributed by atoms with Crippen LogP contribution in [-0.2, 0) is 12.6 Å². The van der Waals surface area contributed by atoms with Crippen LogP contribution in [0.15, 0.2) is 60.8 Å². The molecule has 1 nitrogen and oxygen atoms in total. The fraction of sp³-hybridized carbons (Fsp3) is 0.263. The van der Waals surface area contributed by atoms with Crippen LogP contribution in [-0.4, -0.2) is 12.6 Å². The van der Waals surface area contributed by atoms with Crippen LogP contribution >= 0.6 is 0 Å². The maximum Gasteiger partial charge on any atom is 0.0488 e. The molecule has 108 valence electrons. The molecule has 0 aliphatic carbocycles. The van der Waals surface area contributed by atoms with Crippen LogP contribution in [0.1, 0.15) is 11.1 Å². The molecule has 0 saturated heterocycles. The van der Waals surface area contributed by atoms with Gasteiger partial charge in [-0.15, -0.1) is 0 Å². The van der Waals surface area contributed by atoms with Gasteiger partial charge >= 0.3 is 0 Å². The summed E-state index contributed by atoms with van der Waals surface area (Å²) in [6.45, 7) is 8.27. The average Bonchev–Trinajstić information content (AvgIpc) is 2.77. The van der Waals surface area contributed by atoms with Crippen molar-refractivity contribution in [2.75, 3.05) is 0 Å². The molecule has 0 radical (unpaired) electrons. The highest BCUT2D eigenvalue weighted by Gasteiger charge is 2.17. The molecular formula is C19H23NSi. The normalized spacial score (nSPS) is 12.0. The number of hydrogen-bond donors (Lipinski definition) is 0. The van der Waals surface area contributed by atoms with Crippen molar-refractivity contribution >= 4 is 19.0 Å². The van der Waals surface area contributed by atoms with Crippen LogP contribution < -0.4 is 0 Å². The fourth-order valence-corrected chi connectivity index (χ4v) is 4.37. The van der Waals surface area contributed by atoms with Gasteiger partial charge in [0.1, 0.15) is 0 Å². The third-order valence-corrected chi connectivity index (χ3v) is 5.23. The summed E-state index contributed by atoms with van der Waals surface area (Å²) in [6.07, 6.45) is 2.37. The Morgan fingerprint density at radius 3 is 2.24 bits per heavy atom. The van der Waals surface area contributed by atoms with E-state index < -0.39 is 8.07 Å². The summed E-state index contributed by atoms with van der Waals surface area (Å²) >= 11 is 0. The first-order valence-electron chi connectivity index (χ1n) is 7.64. The summed E-state index contributed by atoms with van der Waals surface area (Å²) in [6, 6.07) is 20.8. The van der Waals surface area contributed by atoms with Crippen molar-refractivity contribution in [2.24, 2.45) is 0 Å². The van der Waals surface area contributed by atoms with Crippen LogP contribution in [0.2, 0.25) is 19.6 Å². The highest BCUT2D eigenvalue weighted by Crippen LogP contribution is 2.25. The average molecular weight is 293 g/mol. The van der Waals surface area contributed by atoms with Crippen molar-refractivity contribution in [3.63, 3.8) is 0 Å². The first-order valence-corrected chi connectivity index (χ1v) is 11.3. The number of aromatic nitrogens is 1. The first-order chi connectivity index (χ1) is 10.0. The summed E-state index contributed by atoms with van der Waals surface area (Å²) < 4.78 is 2.40. The molecule has 0 amide bonds. The van der Waals surface area contributed by atoms with Crippen molar-refractivity contribution in [3.8, 4) is 0 Å². The molecule has 0 unspecified atom stereocenters. The maximum atomic E-state index is 2.44. The van der Waals surface area contributed by atoms with Gasteiger partial charge in [-0.2, -0.15) is 0 Å². The molecule has 2 heteroatoms. The van der Waals surface area contributed by atoms with Gasteiger partial charge in [0.15, 0.2) is 0 Å². The van der Waals surface area contributed by atoms with Crippen LogP contribution in [0.5, 0.6) is 0 Å². The molecule has 0 aliphatic rings. The standard InChI is InChI=1S/C19H23NSi/c1-21(2,3)15-17-14-20(13-16-9-5-4-6-10-16)19-12-8-7-11-18(17)19/h4-12,14H,13,15H2,1-3H3. The van der Waals surface area contributed by atoms with E-state index in [1.165, 1.54) is 28.1 Å². The molecule has 0 spiro atoms. The van der Waals surface area contributed by atoms with E-state index >= 15 is 0 Å². The third-order valence-electron chi connectivity index (χ3n) is 3.79. The van der Waals surface area contributed by atoms with Crippen molar-refractivity contribution in [2.45, 2.75) is 32.2 Å². The van der Waals surface area contributed by atoms with Gasteiger partial charge in [-0.25, -0.2) is 0 Å². The van der Waals surface area contributed by atoms with Crippen LogP contribution in [0, 0.1) is 0 Å². The van der Waals surface area contributed by atoms with Crippen LogP contribution in [0.4, 0.5) is 0 Å². The van der Waals surface area contributed by atoms with E-state index in [4.69, 9.17) is 0 Å². The lowest BCUT2D eigenvalue weighted by Crippen LogP contribution is -2.23. The Morgan fingerprint density at radius 1 is 0.857 bits per heavy atom. The Bertz CT molecular complexity index is 735. The van der Waals surface area contributed by atoms with Crippen LogP contribution in [0.3, 0.4) is 0 Å². The Morgan fingerprint density at radius 2 is 1.52 bits per heavy atom. The second kappa shape index (κ2) is 5.53. The Balaban J connectivity index is 2.03. The van der Waals surface area contributed by atoms with E-state index in [-0.39, 0.29) is 0 Å². The molecular weight excluding hydrogens is 270 g/mol. The lowest BCUT2D eigenvalue weighted by Gasteiger charge is -2.14. The molecule has 0 fully saturated rings. The van der Waals surface area contributed by atoms with Gasteiger partial charge in [0.2, 0.25) is 0 Å². The second-order valence-corrected chi connectivity index (χ2v) is 12.5. The number of hydrogen-bond acceptors (Lipinski definition) is 0. The summed E-state index contributed by atoms with van der Waals surface area (Å²) in [5.74, 6) is 0. The van der Waals surface area contributed by atoms with Gasteiger partial charge in [0.05, 0.1) is 0 Å². The minimum Gasteiger partial charge on any atom is -0.343 e. The lowest BCUT2D eigenvalue weighted by molar-refractivity contribution is 0.833. The van der Waals surface area contributed by atoms with E-state index in [1.54, 1.807) is 0 Å². The topological polar surface area (TPSA) is 4.93 Å². The van der Waals surface area contributed by atoms with E-state index in [9.17, 15) is 0 Å². The smallest absolute Gasteiger partial charge is 0.0488 e. The Labute approximate surface area is 128 Å². The number of benzene rings is 2. The number of rotatable bonds is 4. The lowest BCUT2D eigenvalue weighted by atomic mass is 10.2. The molecule has 3 rings (SSSR count). The highest BCUT2D eigenvalue weighted by atomic mass is 28.3. The quantitative estimate of drug-likeness (QED) is 0.589. The third kappa shape index (κ3) is 3.27. The molecule has 3 aromatic rings. The van der Waals surface area contributed by atoms with Gasteiger partial charge in [0.25, 0.3) is 0 Å². The van der Waals surface area contributed by atoms with Crippen molar-refractivity contribution in [1.29, 1.82) is 0 Å². The number of para-hydroxylation sites is 1. The molecule has 0 saturated carbocycles. The van der Waals surface area contributed by atoms with Gasteiger partial charge in [-0.1, -0.05) is 68.2 Å². The Kier molecular flexibility index (Phi) is 3.73. The molecule has 0 bridgehead atoms. The summed E-state index contributed by atoms with van der Waals surface area (Å²) in [4.78, 5) is 0. The molecule has 0 aliphatic heterocycles. The molecule has 21 heavy (non-hydrogen) atoms. The zero-order valence-corrected chi connectivity index (χ0v) is 14.1. The molecule has 0 atom stereocenters. The zero-order chi connectivity index (χ0) is 14.9. The molecule has 1 aromatic heterocycles. The first kappa shape index (κ1) is 14.1. The predicted molar refractivity (Wildman–Crippen MR) is 94.5 cm³/mol. The minimum absolute atomic E-state index is 0.951. The van der Waals surface area contributed by atoms with Crippen molar-refractivity contribution < 1.29 is 0 Å². The van der Waals surface area contributed by atoms with E-state index in [0.29, 0.717) is 0 Å². The van der Waals surface area contributed by atoms with Gasteiger partial charge < -0.3 is 4.57 Å². The van der Waals surface area contributed by atoms with Gasteiger partial charge in [0, 0.05) is 31.7 Å². The minimum atomic E-state index is -1.11. The zero-order valence-electron chi connectivity index (χ0n) is 13.1. The van der Waals surface area contributed by atoms with E-state index in [2.05, 4.69) is 85.0 Å². The maximum absolute atomic E-state index is 2.44. The van der Waals surface area contributed by atoms with Crippen molar-refractivity contribution in [3.05, 3.63) is 71.9 Å². The van der Waals surface area contributed by atoms with Crippen LogP contribution in [0.25, 0.3) is 10.9 Å².